The van der Waals surface area contributed by atoms with Gasteiger partial charge in [-0.3, -0.25) is 4.79 Å². The predicted octanol–water partition coefficient (Wildman–Crippen LogP) is 4.75. The van der Waals surface area contributed by atoms with Gasteiger partial charge in [0.05, 0.1) is 39.5 Å². The molecule has 1 atom stereocenters. The van der Waals surface area contributed by atoms with Crippen LogP contribution in [0.3, 0.4) is 0 Å². The molecule has 0 aromatic heterocycles. The summed E-state index contributed by atoms with van der Waals surface area (Å²) in [4.78, 5) is 14.8. The minimum atomic E-state index is -0.0683. The Bertz CT molecular complexity index is 943. The number of likely N-dealkylation sites (tertiary alicyclic amines) is 1. The fourth-order valence-electron chi connectivity index (χ4n) is 3.74. The van der Waals surface area contributed by atoms with Crippen LogP contribution in [0.5, 0.6) is 23.0 Å². The number of benzene rings is 2. The van der Waals surface area contributed by atoms with E-state index in [1.54, 1.807) is 45.6 Å². The van der Waals surface area contributed by atoms with Crippen LogP contribution in [0.2, 0.25) is 5.02 Å². The molecular formula is C23H26ClNO5. The van der Waals surface area contributed by atoms with Crippen LogP contribution >= 0.6 is 11.6 Å². The van der Waals surface area contributed by atoms with Crippen molar-refractivity contribution in [2.75, 3.05) is 35.0 Å². The Hall–Kier alpha value is -2.86. The number of carbonyl (C=O) groups is 1. The van der Waals surface area contributed by atoms with E-state index in [4.69, 9.17) is 30.5 Å². The number of methoxy groups -OCH3 is 4. The van der Waals surface area contributed by atoms with E-state index < -0.39 is 0 Å². The fourth-order valence-corrected chi connectivity index (χ4v) is 4.04. The Morgan fingerprint density at radius 1 is 1.03 bits per heavy atom. The quantitative estimate of drug-likeness (QED) is 0.592. The van der Waals surface area contributed by atoms with E-state index in [9.17, 15) is 4.79 Å². The minimum absolute atomic E-state index is 0.0444. The molecule has 30 heavy (non-hydrogen) atoms. The van der Waals surface area contributed by atoms with Crippen molar-refractivity contribution in [3.05, 3.63) is 52.6 Å². The number of rotatable bonds is 7. The van der Waals surface area contributed by atoms with Crippen molar-refractivity contribution in [1.82, 2.24) is 4.90 Å². The highest BCUT2D eigenvalue weighted by Crippen LogP contribution is 2.39. The lowest BCUT2D eigenvalue weighted by molar-refractivity contribution is -0.126. The molecule has 0 saturated carbocycles. The van der Waals surface area contributed by atoms with Gasteiger partial charge in [-0.25, -0.2) is 0 Å². The maximum absolute atomic E-state index is 13.0. The Kier molecular flexibility index (Phi) is 7.11. The summed E-state index contributed by atoms with van der Waals surface area (Å²) < 4.78 is 21.4. The molecule has 0 unspecified atom stereocenters. The monoisotopic (exact) mass is 431 g/mol. The average molecular weight is 432 g/mol. The molecule has 0 bridgehead atoms. The molecule has 0 N–H and O–H groups in total. The molecule has 7 heteroatoms. The van der Waals surface area contributed by atoms with Gasteiger partial charge in [0.2, 0.25) is 5.91 Å². The molecule has 2 aromatic carbocycles. The first kappa shape index (κ1) is 21.8. The lowest BCUT2D eigenvalue weighted by Crippen LogP contribution is -2.29. The average Bonchev–Trinajstić information content (AvgIpc) is 3.26. The second kappa shape index (κ2) is 9.76. The van der Waals surface area contributed by atoms with Gasteiger partial charge < -0.3 is 23.8 Å². The van der Waals surface area contributed by atoms with Gasteiger partial charge in [-0.2, -0.15) is 0 Å². The van der Waals surface area contributed by atoms with Crippen molar-refractivity contribution in [2.24, 2.45) is 0 Å². The summed E-state index contributed by atoms with van der Waals surface area (Å²) in [5.74, 6) is 2.35. The van der Waals surface area contributed by atoms with E-state index in [-0.39, 0.29) is 11.9 Å². The standard InChI is InChI=1S/C23H26ClNO5/c1-27-16-8-9-17(20(14-16)28-2)19-6-5-11-25(19)22(26)10-7-15-12-18(24)23(30-4)21(13-15)29-3/h7-10,12-14,19H,5-6,11H2,1-4H3/b10-7+/t19-/m1/s1. The maximum Gasteiger partial charge on any atom is 0.247 e. The van der Waals surface area contributed by atoms with Gasteiger partial charge in [-0.05, 0) is 48.7 Å². The van der Waals surface area contributed by atoms with Crippen LogP contribution in [0.1, 0.15) is 30.0 Å². The first-order valence-electron chi connectivity index (χ1n) is 9.64. The Balaban J connectivity index is 1.82. The number of carbonyl (C=O) groups excluding carboxylic acids is 1. The highest BCUT2D eigenvalue weighted by molar-refractivity contribution is 6.32. The molecule has 1 aliphatic rings. The van der Waals surface area contributed by atoms with Gasteiger partial charge in [0, 0.05) is 24.3 Å². The molecule has 3 rings (SSSR count). The zero-order chi connectivity index (χ0) is 21.7. The smallest absolute Gasteiger partial charge is 0.247 e. The van der Waals surface area contributed by atoms with Gasteiger partial charge >= 0.3 is 0 Å². The van der Waals surface area contributed by atoms with Crippen LogP contribution in [0.25, 0.3) is 6.08 Å². The largest absolute Gasteiger partial charge is 0.497 e. The van der Waals surface area contributed by atoms with Crippen molar-refractivity contribution in [1.29, 1.82) is 0 Å². The highest BCUT2D eigenvalue weighted by atomic mass is 35.5. The normalized spacial score (nSPS) is 16.0. The molecule has 0 aliphatic carbocycles. The van der Waals surface area contributed by atoms with Crippen LogP contribution in [-0.2, 0) is 4.79 Å². The van der Waals surface area contributed by atoms with Crippen LogP contribution in [0, 0.1) is 0 Å². The van der Waals surface area contributed by atoms with Gasteiger partial charge in [-0.1, -0.05) is 11.6 Å². The van der Waals surface area contributed by atoms with E-state index in [1.807, 2.05) is 23.1 Å². The van der Waals surface area contributed by atoms with Crippen molar-refractivity contribution in [2.45, 2.75) is 18.9 Å². The third-order valence-corrected chi connectivity index (χ3v) is 5.49. The van der Waals surface area contributed by atoms with E-state index in [1.165, 1.54) is 7.11 Å². The first-order valence-corrected chi connectivity index (χ1v) is 10.0. The molecule has 0 spiro atoms. The van der Waals surface area contributed by atoms with Crippen molar-refractivity contribution < 1.29 is 23.7 Å². The summed E-state index contributed by atoms with van der Waals surface area (Å²) in [5, 5.41) is 0.422. The first-order chi connectivity index (χ1) is 14.5. The summed E-state index contributed by atoms with van der Waals surface area (Å²) in [6, 6.07) is 9.17. The van der Waals surface area contributed by atoms with E-state index in [0.29, 0.717) is 23.1 Å². The molecule has 1 aliphatic heterocycles. The van der Waals surface area contributed by atoms with Gasteiger partial charge in [0.25, 0.3) is 0 Å². The Morgan fingerprint density at radius 3 is 2.47 bits per heavy atom. The summed E-state index contributed by atoms with van der Waals surface area (Å²) >= 11 is 6.26. The molecule has 0 radical (unpaired) electrons. The molecule has 2 aromatic rings. The van der Waals surface area contributed by atoms with Crippen molar-refractivity contribution >= 4 is 23.6 Å². The molecule has 1 heterocycles. The number of amides is 1. The number of halogens is 1. The number of hydrogen-bond acceptors (Lipinski definition) is 5. The second-order valence-electron chi connectivity index (χ2n) is 6.87. The maximum atomic E-state index is 13.0. The summed E-state index contributed by atoms with van der Waals surface area (Å²) in [6.45, 7) is 0.690. The lowest BCUT2D eigenvalue weighted by Gasteiger charge is -2.25. The van der Waals surface area contributed by atoms with Crippen LogP contribution < -0.4 is 18.9 Å². The SMILES string of the molecule is COc1ccc([C@H]2CCCN2C(=O)/C=C/c2cc(Cl)c(OC)c(OC)c2)c(OC)c1. The topological polar surface area (TPSA) is 57.2 Å². The number of hydrogen-bond donors (Lipinski definition) is 0. The van der Waals surface area contributed by atoms with Gasteiger partial charge in [0.1, 0.15) is 11.5 Å². The zero-order valence-corrected chi connectivity index (χ0v) is 18.4. The Morgan fingerprint density at radius 2 is 1.80 bits per heavy atom. The molecular weight excluding hydrogens is 406 g/mol. The Labute approximate surface area is 181 Å². The van der Waals surface area contributed by atoms with Crippen LogP contribution in [0.4, 0.5) is 0 Å². The van der Waals surface area contributed by atoms with Gasteiger partial charge in [0.15, 0.2) is 11.5 Å². The number of nitrogens with zero attached hydrogens (tertiary/aromatic N) is 1. The zero-order valence-electron chi connectivity index (χ0n) is 17.6. The molecule has 1 amide bonds. The van der Waals surface area contributed by atoms with Gasteiger partial charge in [-0.15, -0.1) is 0 Å². The number of ether oxygens (including phenoxy) is 4. The van der Waals surface area contributed by atoms with Crippen LogP contribution in [-0.4, -0.2) is 45.8 Å². The van der Waals surface area contributed by atoms with Crippen molar-refractivity contribution in [3.63, 3.8) is 0 Å². The highest BCUT2D eigenvalue weighted by Gasteiger charge is 2.31. The van der Waals surface area contributed by atoms with E-state index in [0.717, 1.165) is 35.5 Å². The summed E-state index contributed by atoms with van der Waals surface area (Å²) in [5.41, 5.74) is 1.73. The van der Waals surface area contributed by atoms with E-state index in [2.05, 4.69) is 0 Å². The molecule has 160 valence electrons. The van der Waals surface area contributed by atoms with E-state index >= 15 is 0 Å². The third kappa shape index (κ3) is 4.49. The molecule has 6 nitrogen and oxygen atoms in total. The fraction of sp³-hybridized carbons (Fsp3) is 0.348. The minimum Gasteiger partial charge on any atom is -0.497 e. The molecule has 1 fully saturated rings. The second-order valence-corrected chi connectivity index (χ2v) is 7.28. The summed E-state index contributed by atoms with van der Waals surface area (Å²) in [6.07, 6.45) is 5.11. The summed E-state index contributed by atoms with van der Waals surface area (Å²) in [7, 11) is 6.32. The predicted molar refractivity (Wildman–Crippen MR) is 117 cm³/mol. The third-order valence-electron chi connectivity index (χ3n) is 5.21. The lowest BCUT2D eigenvalue weighted by atomic mass is 10.0. The van der Waals surface area contributed by atoms with Crippen LogP contribution in [0.15, 0.2) is 36.4 Å². The van der Waals surface area contributed by atoms with Crippen molar-refractivity contribution in [3.8, 4) is 23.0 Å². The molecule has 1 saturated heterocycles.